The van der Waals surface area contributed by atoms with Gasteiger partial charge in [0.15, 0.2) is 0 Å². The lowest BCUT2D eigenvalue weighted by Gasteiger charge is -2.45. The zero-order valence-corrected chi connectivity index (χ0v) is 26.5. The van der Waals surface area contributed by atoms with Crippen LogP contribution in [0.4, 0.5) is 9.18 Å². The van der Waals surface area contributed by atoms with Crippen molar-refractivity contribution in [1.29, 1.82) is 0 Å². The number of aliphatic hydroxyl groups is 1. The molecule has 2 amide bonds. The van der Waals surface area contributed by atoms with Gasteiger partial charge in [-0.1, -0.05) is 67.9 Å². The summed E-state index contributed by atoms with van der Waals surface area (Å²) in [6.45, 7) is 10.7. The molecule has 7 nitrogen and oxygen atoms in total. The van der Waals surface area contributed by atoms with Crippen LogP contribution in [0.1, 0.15) is 76.5 Å². The van der Waals surface area contributed by atoms with E-state index in [-0.39, 0.29) is 37.9 Å². The van der Waals surface area contributed by atoms with E-state index in [0.29, 0.717) is 18.7 Å². The molecule has 0 aliphatic carbocycles. The Morgan fingerprint density at radius 3 is 2.16 bits per heavy atom. The van der Waals surface area contributed by atoms with Crippen LogP contribution in [0.25, 0.3) is 10.8 Å². The monoisotopic (exact) mass is 603 g/mol. The molecule has 2 aliphatic heterocycles. The number of rotatable bonds is 7. The van der Waals surface area contributed by atoms with E-state index >= 15 is 0 Å². The van der Waals surface area contributed by atoms with Gasteiger partial charge in [-0.05, 0) is 74.1 Å². The fourth-order valence-corrected chi connectivity index (χ4v) is 6.82. The van der Waals surface area contributed by atoms with Crippen molar-refractivity contribution >= 4 is 22.8 Å². The van der Waals surface area contributed by atoms with E-state index in [2.05, 4.69) is 54.3 Å². The summed E-state index contributed by atoms with van der Waals surface area (Å²) in [4.78, 5) is 32.9. The Hall–Kier alpha value is -3.49. The van der Waals surface area contributed by atoms with Gasteiger partial charge in [0, 0.05) is 45.3 Å². The van der Waals surface area contributed by atoms with Gasteiger partial charge in [0.05, 0.1) is 11.5 Å². The van der Waals surface area contributed by atoms with Crippen molar-refractivity contribution in [1.82, 2.24) is 14.7 Å². The standard InChI is InChI=1S/C36H46FN3O4/c1-5-9-31(30-13-8-11-26-10-6-7-12-29(26)30)38-22-24-39(25-23-38)33(41)32(27-14-16-28(37)17-15-27)36(43)18-20-40(21-19-36)34(42)44-35(2,3)4/h6-8,10-17,31-32,43H,5,9,18-25H2,1-4H3. The summed E-state index contributed by atoms with van der Waals surface area (Å²) in [5.41, 5.74) is -0.0895. The predicted molar refractivity (Wildman–Crippen MR) is 171 cm³/mol. The molecule has 5 rings (SSSR count). The molecule has 0 bridgehead atoms. The van der Waals surface area contributed by atoms with Crippen molar-refractivity contribution in [3.8, 4) is 0 Å². The van der Waals surface area contributed by atoms with Crippen LogP contribution < -0.4 is 0 Å². The Bertz CT molecular complexity index is 1430. The van der Waals surface area contributed by atoms with Crippen molar-refractivity contribution in [2.75, 3.05) is 39.3 Å². The highest BCUT2D eigenvalue weighted by molar-refractivity contribution is 5.86. The minimum absolute atomic E-state index is 0.151. The lowest BCUT2D eigenvalue weighted by Crippen LogP contribution is -2.57. The Morgan fingerprint density at radius 1 is 0.886 bits per heavy atom. The van der Waals surface area contributed by atoms with Crippen molar-refractivity contribution < 1.29 is 23.8 Å². The minimum Gasteiger partial charge on any atom is -0.444 e. The average molecular weight is 604 g/mol. The SMILES string of the molecule is CCCC(c1cccc2ccccc12)N1CCN(C(=O)C(c2ccc(F)cc2)C2(O)CCN(C(=O)OC(C)(C)C)CC2)CC1. The van der Waals surface area contributed by atoms with Crippen LogP contribution in [0.5, 0.6) is 0 Å². The second-order valence-electron chi connectivity index (χ2n) is 13.3. The summed E-state index contributed by atoms with van der Waals surface area (Å²) in [6, 6.07) is 21.1. The molecule has 2 saturated heterocycles. The molecule has 8 heteroatoms. The third kappa shape index (κ3) is 7.08. The zero-order chi connectivity index (χ0) is 31.5. The molecule has 0 aromatic heterocycles. The van der Waals surface area contributed by atoms with E-state index in [0.717, 1.165) is 25.9 Å². The smallest absolute Gasteiger partial charge is 0.410 e. The van der Waals surface area contributed by atoms with Crippen LogP contribution in [0, 0.1) is 5.82 Å². The summed E-state index contributed by atoms with van der Waals surface area (Å²) in [5.74, 6) is -1.41. The highest BCUT2D eigenvalue weighted by Gasteiger charge is 2.47. The number of hydrogen-bond acceptors (Lipinski definition) is 5. The molecule has 1 N–H and O–H groups in total. The first-order valence-corrected chi connectivity index (χ1v) is 16.0. The maximum absolute atomic E-state index is 14.3. The molecule has 3 aromatic carbocycles. The van der Waals surface area contributed by atoms with Gasteiger partial charge in [0.1, 0.15) is 11.4 Å². The highest BCUT2D eigenvalue weighted by atomic mass is 19.1. The first kappa shape index (κ1) is 31.9. The Morgan fingerprint density at radius 2 is 1.52 bits per heavy atom. The quantitative estimate of drug-likeness (QED) is 0.333. The largest absolute Gasteiger partial charge is 0.444 e. The van der Waals surface area contributed by atoms with Crippen molar-refractivity contribution in [3.05, 3.63) is 83.7 Å². The van der Waals surface area contributed by atoms with Gasteiger partial charge in [-0.25, -0.2) is 9.18 Å². The molecular formula is C36H46FN3O4. The molecule has 0 saturated carbocycles. The molecule has 44 heavy (non-hydrogen) atoms. The average Bonchev–Trinajstić information content (AvgIpc) is 3.00. The number of piperidine rings is 1. The molecule has 2 atom stereocenters. The number of nitrogens with zero attached hydrogens (tertiary/aromatic N) is 3. The van der Waals surface area contributed by atoms with Crippen molar-refractivity contribution in [2.45, 2.75) is 76.5 Å². The number of piperazine rings is 1. The first-order valence-electron chi connectivity index (χ1n) is 16.0. The third-order valence-electron chi connectivity index (χ3n) is 9.08. The molecule has 0 radical (unpaired) electrons. The molecule has 2 unspecified atom stereocenters. The lowest BCUT2D eigenvalue weighted by molar-refractivity contribution is -0.144. The Labute approximate surface area is 260 Å². The van der Waals surface area contributed by atoms with Gasteiger partial charge in [-0.15, -0.1) is 0 Å². The summed E-state index contributed by atoms with van der Waals surface area (Å²) in [7, 11) is 0. The second kappa shape index (κ2) is 13.2. The number of hydrogen-bond donors (Lipinski definition) is 1. The zero-order valence-electron chi connectivity index (χ0n) is 26.5. The summed E-state index contributed by atoms with van der Waals surface area (Å²) >= 11 is 0. The number of carbonyl (C=O) groups is 2. The minimum atomic E-state index is -1.38. The topological polar surface area (TPSA) is 73.3 Å². The normalized spacial score (nSPS) is 19.0. The van der Waals surface area contributed by atoms with Crippen LogP contribution in [0.2, 0.25) is 0 Å². The summed E-state index contributed by atoms with van der Waals surface area (Å²) < 4.78 is 19.4. The van der Waals surface area contributed by atoms with Gasteiger partial charge in [0.25, 0.3) is 0 Å². The van der Waals surface area contributed by atoms with Crippen molar-refractivity contribution in [2.24, 2.45) is 0 Å². The van der Waals surface area contributed by atoms with E-state index < -0.39 is 29.0 Å². The maximum Gasteiger partial charge on any atom is 0.410 e. The molecule has 236 valence electrons. The van der Waals surface area contributed by atoms with Crippen LogP contribution in [0.15, 0.2) is 66.7 Å². The number of fused-ring (bicyclic) bond motifs is 1. The van der Waals surface area contributed by atoms with E-state index in [1.807, 2.05) is 25.7 Å². The van der Waals surface area contributed by atoms with Crippen LogP contribution in [0.3, 0.4) is 0 Å². The van der Waals surface area contributed by atoms with Crippen LogP contribution >= 0.6 is 0 Å². The molecule has 2 heterocycles. The Kier molecular flexibility index (Phi) is 9.61. The van der Waals surface area contributed by atoms with Gasteiger partial charge in [0.2, 0.25) is 5.91 Å². The number of carbonyl (C=O) groups excluding carboxylic acids is 2. The molecular weight excluding hydrogens is 557 g/mol. The first-order chi connectivity index (χ1) is 21.0. The number of ether oxygens (including phenoxy) is 1. The van der Waals surface area contributed by atoms with Crippen molar-refractivity contribution in [3.63, 3.8) is 0 Å². The van der Waals surface area contributed by atoms with Gasteiger partial charge >= 0.3 is 6.09 Å². The lowest BCUT2D eigenvalue weighted by atomic mass is 9.75. The number of benzene rings is 3. The number of amides is 2. The number of likely N-dealkylation sites (tertiary alicyclic amines) is 1. The Balaban J connectivity index is 1.33. The maximum atomic E-state index is 14.3. The van der Waals surface area contributed by atoms with Gasteiger partial charge in [-0.3, -0.25) is 9.69 Å². The fourth-order valence-electron chi connectivity index (χ4n) is 6.82. The van der Waals surface area contributed by atoms with Crippen LogP contribution in [-0.2, 0) is 9.53 Å². The van der Waals surface area contributed by atoms with Gasteiger partial charge in [-0.2, -0.15) is 0 Å². The third-order valence-corrected chi connectivity index (χ3v) is 9.08. The van der Waals surface area contributed by atoms with E-state index in [1.54, 1.807) is 17.0 Å². The predicted octanol–water partition coefficient (Wildman–Crippen LogP) is 6.51. The molecule has 0 spiro atoms. The summed E-state index contributed by atoms with van der Waals surface area (Å²) in [6.07, 6.45) is 2.09. The van der Waals surface area contributed by atoms with E-state index in [4.69, 9.17) is 4.74 Å². The van der Waals surface area contributed by atoms with Crippen LogP contribution in [-0.4, -0.2) is 82.3 Å². The molecule has 3 aromatic rings. The second-order valence-corrected chi connectivity index (χ2v) is 13.3. The van der Waals surface area contributed by atoms with E-state index in [1.165, 1.54) is 28.5 Å². The van der Waals surface area contributed by atoms with Gasteiger partial charge < -0.3 is 19.6 Å². The van der Waals surface area contributed by atoms with E-state index in [9.17, 15) is 19.1 Å². The summed E-state index contributed by atoms with van der Waals surface area (Å²) in [5, 5.41) is 14.5. The molecule has 2 aliphatic rings. The molecule has 2 fully saturated rings. The highest BCUT2D eigenvalue weighted by Crippen LogP contribution is 2.39. The number of halogens is 1. The fraction of sp³-hybridized carbons (Fsp3) is 0.500.